The molecule has 2 heterocycles. The van der Waals surface area contributed by atoms with E-state index >= 15 is 0 Å². The summed E-state index contributed by atoms with van der Waals surface area (Å²) >= 11 is 6.59. The van der Waals surface area contributed by atoms with Crippen molar-refractivity contribution in [3.8, 4) is 0 Å². The summed E-state index contributed by atoms with van der Waals surface area (Å²) in [6.07, 6.45) is 1.34. The van der Waals surface area contributed by atoms with Crippen LogP contribution in [0.1, 0.15) is 19.9 Å². The molecule has 0 aliphatic rings. The summed E-state index contributed by atoms with van der Waals surface area (Å²) < 4.78 is 15.0. The molecule has 0 fully saturated rings. The average Bonchev–Trinajstić information content (AvgIpc) is 2.64. The van der Waals surface area contributed by atoms with Crippen molar-refractivity contribution in [3.63, 3.8) is 0 Å². The lowest BCUT2D eigenvalue weighted by atomic mass is 10.4. The molecule has 5 nitrogen and oxygen atoms in total. The van der Waals surface area contributed by atoms with Crippen molar-refractivity contribution >= 4 is 23.4 Å². The van der Waals surface area contributed by atoms with Crippen LogP contribution in [0.4, 0.5) is 4.39 Å². The number of aromatic amines is 1. The van der Waals surface area contributed by atoms with Crippen molar-refractivity contribution in [1.82, 2.24) is 19.7 Å². The van der Waals surface area contributed by atoms with Crippen LogP contribution in [0.15, 0.2) is 27.2 Å². The largest absolute Gasteiger partial charge is 0.344 e. The van der Waals surface area contributed by atoms with E-state index in [1.165, 1.54) is 16.8 Å². The molecule has 1 N–H and O–H groups in total. The predicted octanol–water partition coefficient (Wildman–Crippen LogP) is 2.49. The van der Waals surface area contributed by atoms with Crippen LogP contribution in [0, 0.1) is 5.82 Å². The standard InChI is InChI=1S/C10H10ClFN4OS/c1-5(2)16-9(17)14-15-10(16)18-8-7(12)3-6(11)4-13-8/h3-5H,1-2H3,(H,14,17). The van der Waals surface area contributed by atoms with Gasteiger partial charge in [-0.3, -0.25) is 4.57 Å². The zero-order chi connectivity index (χ0) is 13.3. The lowest BCUT2D eigenvalue weighted by molar-refractivity contribution is 0.532. The van der Waals surface area contributed by atoms with E-state index in [4.69, 9.17) is 11.6 Å². The summed E-state index contributed by atoms with van der Waals surface area (Å²) in [6.45, 7) is 3.68. The summed E-state index contributed by atoms with van der Waals surface area (Å²) in [5, 5.41) is 6.89. The highest BCUT2D eigenvalue weighted by Crippen LogP contribution is 2.28. The normalized spacial score (nSPS) is 11.2. The second kappa shape index (κ2) is 5.11. The van der Waals surface area contributed by atoms with Gasteiger partial charge in [-0.25, -0.2) is 19.3 Å². The maximum atomic E-state index is 13.6. The fourth-order valence-electron chi connectivity index (χ4n) is 1.38. The quantitative estimate of drug-likeness (QED) is 0.942. The third-order valence-electron chi connectivity index (χ3n) is 2.15. The first-order chi connectivity index (χ1) is 8.49. The van der Waals surface area contributed by atoms with Gasteiger partial charge >= 0.3 is 5.69 Å². The minimum absolute atomic E-state index is 0.0749. The van der Waals surface area contributed by atoms with E-state index in [1.54, 1.807) is 0 Å². The predicted molar refractivity (Wildman–Crippen MR) is 66.6 cm³/mol. The molecule has 0 saturated heterocycles. The fraction of sp³-hybridized carbons (Fsp3) is 0.300. The van der Waals surface area contributed by atoms with Crippen molar-refractivity contribution in [2.45, 2.75) is 30.1 Å². The van der Waals surface area contributed by atoms with Gasteiger partial charge in [0.15, 0.2) is 11.0 Å². The lowest BCUT2D eigenvalue weighted by Crippen LogP contribution is -2.19. The Hall–Kier alpha value is -1.34. The SMILES string of the molecule is CC(C)n1c(Sc2ncc(Cl)cc2F)n[nH]c1=O. The third kappa shape index (κ3) is 2.56. The van der Waals surface area contributed by atoms with Crippen LogP contribution in [-0.4, -0.2) is 19.7 Å². The van der Waals surface area contributed by atoms with Crippen molar-refractivity contribution in [3.05, 3.63) is 33.6 Å². The van der Waals surface area contributed by atoms with Crippen molar-refractivity contribution in [2.24, 2.45) is 0 Å². The van der Waals surface area contributed by atoms with E-state index in [2.05, 4.69) is 15.2 Å². The van der Waals surface area contributed by atoms with E-state index < -0.39 is 5.82 Å². The number of nitrogens with zero attached hydrogens (tertiary/aromatic N) is 3. The van der Waals surface area contributed by atoms with Gasteiger partial charge in [-0.05, 0) is 31.7 Å². The van der Waals surface area contributed by atoms with Crippen molar-refractivity contribution in [2.75, 3.05) is 0 Å². The molecule has 0 atom stereocenters. The van der Waals surface area contributed by atoms with Gasteiger partial charge in [0.25, 0.3) is 0 Å². The second-order valence-corrected chi connectivity index (χ2v) is 5.21. The Morgan fingerprint density at radius 2 is 2.28 bits per heavy atom. The van der Waals surface area contributed by atoms with E-state index in [1.807, 2.05) is 13.8 Å². The lowest BCUT2D eigenvalue weighted by Gasteiger charge is -2.08. The summed E-state index contributed by atoms with van der Waals surface area (Å²) in [5.74, 6) is -0.543. The summed E-state index contributed by atoms with van der Waals surface area (Å²) in [6, 6.07) is 1.09. The minimum Gasteiger partial charge on any atom is -0.267 e. The molecule has 0 aromatic carbocycles. The van der Waals surface area contributed by atoms with Crippen LogP contribution in [0.3, 0.4) is 0 Å². The number of halogens is 2. The number of nitrogens with one attached hydrogen (secondary N) is 1. The van der Waals surface area contributed by atoms with Gasteiger partial charge in [-0.1, -0.05) is 11.6 Å². The van der Waals surface area contributed by atoms with Gasteiger partial charge in [0.1, 0.15) is 5.03 Å². The molecule has 18 heavy (non-hydrogen) atoms. The Kier molecular flexibility index (Phi) is 3.72. The third-order valence-corrected chi connectivity index (χ3v) is 3.32. The van der Waals surface area contributed by atoms with Gasteiger partial charge < -0.3 is 0 Å². The van der Waals surface area contributed by atoms with Gasteiger partial charge in [0, 0.05) is 12.2 Å². The van der Waals surface area contributed by atoms with Gasteiger partial charge in [-0.15, -0.1) is 5.10 Å². The molecule has 96 valence electrons. The first-order valence-electron chi connectivity index (χ1n) is 5.15. The molecule has 0 amide bonds. The van der Waals surface area contributed by atoms with Crippen molar-refractivity contribution < 1.29 is 4.39 Å². The molecule has 8 heteroatoms. The number of aromatic nitrogens is 4. The van der Waals surface area contributed by atoms with Crippen molar-refractivity contribution in [1.29, 1.82) is 0 Å². The van der Waals surface area contributed by atoms with Crippen LogP contribution in [-0.2, 0) is 0 Å². The molecule has 2 rings (SSSR count). The van der Waals surface area contributed by atoms with Gasteiger partial charge in [0.2, 0.25) is 0 Å². The molecule has 0 aliphatic heterocycles. The number of H-pyrrole nitrogens is 1. The molecular formula is C10H10ClFN4OS. The molecule has 0 bridgehead atoms. The molecule has 2 aromatic rings. The van der Waals surface area contributed by atoms with Crippen LogP contribution in [0.5, 0.6) is 0 Å². The van der Waals surface area contributed by atoms with Crippen LogP contribution in [0.25, 0.3) is 0 Å². The molecule has 0 spiro atoms. The van der Waals surface area contributed by atoms with E-state index in [0.29, 0.717) is 5.16 Å². The zero-order valence-electron chi connectivity index (χ0n) is 9.65. The Bertz CT molecular complexity index is 625. The highest BCUT2D eigenvalue weighted by atomic mass is 35.5. The number of hydrogen-bond acceptors (Lipinski definition) is 4. The first-order valence-corrected chi connectivity index (χ1v) is 6.34. The molecule has 0 radical (unpaired) electrons. The van der Waals surface area contributed by atoms with E-state index in [-0.39, 0.29) is 21.8 Å². The van der Waals surface area contributed by atoms with E-state index in [9.17, 15) is 9.18 Å². The maximum Gasteiger partial charge on any atom is 0.344 e. The molecular weight excluding hydrogens is 279 g/mol. The fourth-order valence-corrected chi connectivity index (χ4v) is 2.44. The van der Waals surface area contributed by atoms with E-state index in [0.717, 1.165) is 11.8 Å². The number of pyridine rings is 1. The van der Waals surface area contributed by atoms with Gasteiger partial charge in [0.05, 0.1) is 5.02 Å². The van der Waals surface area contributed by atoms with Crippen LogP contribution >= 0.6 is 23.4 Å². The Labute approximate surface area is 111 Å². The molecule has 0 saturated carbocycles. The second-order valence-electron chi connectivity index (χ2n) is 3.82. The smallest absolute Gasteiger partial charge is 0.267 e. The summed E-state index contributed by atoms with van der Waals surface area (Å²) in [4.78, 5) is 15.4. The number of hydrogen-bond donors (Lipinski definition) is 1. The molecule has 2 aromatic heterocycles. The summed E-state index contributed by atoms with van der Waals surface area (Å²) in [5.41, 5.74) is -0.332. The highest BCUT2D eigenvalue weighted by molar-refractivity contribution is 7.99. The van der Waals surface area contributed by atoms with Crippen LogP contribution in [0.2, 0.25) is 5.02 Å². The Morgan fingerprint density at radius 1 is 1.56 bits per heavy atom. The zero-order valence-corrected chi connectivity index (χ0v) is 11.2. The highest BCUT2D eigenvalue weighted by Gasteiger charge is 2.15. The monoisotopic (exact) mass is 288 g/mol. The van der Waals surface area contributed by atoms with Gasteiger partial charge in [-0.2, -0.15) is 0 Å². The average molecular weight is 289 g/mol. The molecule has 0 unspecified atom stereocenters. The molecule has 0 aliphatic carbocycles. The number of rotatable bonds is 3. The maximum absolute atomic E-state index is 13.6. The topological polar surface area (TPSA) is 63.6 Å². The Morgan fingerprint density at radius 3 is 2.89 bits per heavy atom. The Balaban J connectivity index is 2.37. The van der Waals surface area contributed by atoms with Crippen LogP contribution < -0.4 is 5.69 Å². The summed E-state index contributed by atoms with van der Waals surface area (Å²) in [7, 11) is 0. The minimum atomic E-state index is -0.543. The first kappa shape index (κ1) is 13.1.